The van der Waals surface area contributed by atoms with E-state index in [9.17, 15) is 13.2 Å². The molecule has 0 bridgehead atoms. The Labute approximate surface area is 150 Å². The van der Waals surface area contributed by atoms with Crippen molar-refractivity contribution in [2.24, 2.45) is 0 Å². The van der Waals surface area contributed by atoms with Crippen LogP contribution in [-0.2, 0) is 14.8 Å². The second-order valence-electron chi connectivity index (χ2n) is 5.75. The van der Waals surface area contributed by atoms with Crippen LogP contribution in [0.25, 0.3) is 11.3 Å². The quantitative estimate of drug-likeness (QED) is 0.879. The number of rotatable bonds is 4. The molecular formula is C16H16N4O3S2. The van der Waals surface area contributed by atoms with Crippen LogP contribution in [0.15, 0.2) is 29.6 Å². The number of aromatic nitrogens is 1. The van der Waals surface area contributed by atoms with E-state index in [0.717, 1.165) is 11.8 Å². The number of amides is 1. The van der Waals surface area contributed by atoms with E-state index in [1.165, 1.54) is 15.6 Å². The SMILES string of the molecule is CS(=O)(=O)N1CCCC1C(=O)Nc1nc(-c2ccc(C#N)cc2)cs1. The van der Waals surface area contributed by atoms with Crippen LogP contribution in [0.5, 0.6) is 0 Å². The van der Waals surface area contributed by atoms with E-state index < -0.39 is 16.1 Å². The Bertz CT molecular complexity index is 929. The summed E-state index contributed by atoms with van der Waals surface area (Å²) in [6, 6.07) is 8.37. The predicted molar refractivity (Wildman–Crippen MR) is 95.5 cm³/mol. The van der Waals surface area contributed by atoms with E-state index in [4.69, 9.17) is 5.26 Å². The van der Waals surface area contributed by atoms with Crippen molar-refractivity contribution in [1.82, 2.24) is 9.29 Å². The number of hydrogen-bond acceptors (Lipinski definition) is 6. The molecule has 1 aromatic heterocycles. The van der Waals surface area contributed by atoms with Gasteiger partial charge in [0, 0.05) is 17.5 Å². The number of nitrogens with zero attached hydrogens (tertiary/aromatic N) is 3. The summed E-state index contributed by atoms with van der Waals surface area (Å²) in [5.41, 5.74) is 2.10. The Morgan fingerprint density at radius 1 is 1.40 bits per heavy atom. The van der Waals surface area contributed by atoms with Gasteiger partial charge in [0.25, 0.3) is 0 Å². The van der Waals surface area contributed by atoms with E-state index in [0.29, 0.717) is 35.8 Å². The normalized spacial score (nSPS) is 18.0. The van der Waals surface area contributed by atoms with Crippen molar-refractivity contribution < 1.29 is 13.2 Å². The maximum Gasteiger partial charge on any atom is 0.244 e. The van der Waals surface area contributed by atoms with Crippen molar-refractivity contribution in [3.05, 3.63) is 35.2 Å². The fourth-order valence-corrected chi connectivity index (χ4v) is 4.61. The lowest BCUT2D eigenvalue weighted by Gasteiger charge is -2.20. The lowest BCUT2D eigenvalue weighted by Crippen LogP contribution is -2.42. The average Bonchev–Trinajstić information content (AvgIpc) is 3.24. The number of hydrogen-bond donors (Lipinski definition) is 1. The van der Waals surface area contributed by atoms with Crippen molar-refractivity contribution in [3.8, 4) is 17.3 Å². The van der Waals surface area contributed by atoms with E-state index >= 15 is 0 Å². The van der Waals surface area contributed by atoms with Gasteiger partial charge in [0.1, 0.15) is 6.04 Å². The van der Waals surface area contributed by atoms with Crippen LogP contribution in [0.4, 0.5) is 5.13 Å². The van der Waals surface area contributed by atoms with Crippen LogP contribution in [0.2, 0.25) is 0 Å². The molecule has 1 aromatic carbocycles. The average molecular weight is 376 g/mol. The van der Waals surface area contributed by atoms with Gasteiger partial charge in [-0.05, 0) is 25.0 Å². The summed E-state index contributed by atoms with van der Waals surface area (Å²) in [6.07, 6.45) is 2.29. The fraction of sp³-hybridized carbons (Fsp3) is 0.312. The highest BCUT2D eigenvalue weighted by Crippen LogP contribution is 2.27. The first kappa shape index (κ1) is 17.5. The topological polar surface area (TPSA) is 103 Å². The fourth-order valence-electron chi connectivity index (χ4n) is 2.77. The van der Waals surface area contributed by atoms with Gasteiger partial charge in [-0.15, -0.1) is 11.3 Å². The molecule has 1 saturated heterocycles. The molecule has 0 radical (unpaired) electrons. The van der Waals surface area contributed by atoms with Gasteiger partial charge in [0.15, 0.2) is 5.13 Å². The third-order valence-corrected chi connectivity index (χ3v) is 6.02. The number of anilines is 1. The molecule has 1 aliphatic rings. The minimum atomic E-state index is -3.40. The van der Waals surface area contributed by atoms with Crippen LogP contribution in [0.3, 0.4) is 0 Å². The van der Waals surface area contributed by atoms with Gasteiger partial charge < -0.3 is 5.32 Å². The summed E-state index contributed by atoms with van der Waals surface area (Å²) < 4.78 is 24.7. The second-order valence-corrected chi connectivity index (χ2v) is 8.54. The standard InChI is InChI=1S/C16H16N4O3S2/c1-25(22,23)20-8-2-3-14(20)15(21)19-16-18-13(10-24-16)12-6-4-11(9-17)5-7-12/h4-7,10,14H,2-3,8H2,1H3,(H,18,19,21). The number of carbonyl (C=O) groups excluding carboxylic acids is 1. The molecule has 1 fully saturated rings. The first-order valence-corrected chi connectivity index (χ1v) is 10.3. The highest BCUT2D eigenvalue weighted by molar-refractivity contribution is 7.88. The molecule has 0 aliphatic carbocycles. The Balaban J connectivity index is 1.72. The number of nitriles is 1. The highest BCUT2D eigenvalue weighted by Gasteiger charge is 2.36. The predicted octanol–water partition coefficient (Wildman–Crippen LogP) is 2.04. The van der Waals surface area contributed by atoms with Crippen LogP contribution in [0, 0.1) is 11.3 Å². The zero-order chi connectivity index (χ0) is 18.0. The number of thiazole rings is 1. The molecule has 1 unspecified atom stereocenters. The Kier molecular flexibility index (Phi) is 4.85. The third-order valence-electron chi connectivity index (χ3n) is 3.98. The minimum Gasteiger partial charge on any atom is -0.301 e. The maximum absolute atomic E-state index is 12.4. The maximum atomic E-state index is 12.4. The van der Waals surface area contributed by atoms with Crippen LogP contribution >= 0.6 is 11.3 Å². The molecule has 7 nitrogen and oxygen atoms in total. The second kappa shape index (κ2) is 6.92. The molecule has 3 rings (SSSR count). The van der Waals surface area contributed by atoms with Crippen LogP contribution in [0.1, 0.15) is 18.4 Å². The zero-order valence-corrected chi connectivity index (χ0v) is 15.1. The molecule has 0 saturated carbocycles. The van der Waals surface area contributed by atoms with Crippen molar-refractivity contribution >= 4 is 32.4 Å². The minimum absolute atomic E-state index is 0.358. The summed E-state index contributed by atoms with van der Waals surface area (Å²) in [4.78, 5) is 16.8. The Hall–Kier alpha value is -2.28. The van der Waals surface area contributed by atoms with Gasteiger partial charge in [-0.2, -0.15) is 9.57 Å². The number of benzene rings is 1. The van der Waals surface area contributed by atoms with Crippen LogP contribution in [-0.4, -0.2) is 42.5 Å². The largest absolute Gasteiger partial charge is 0.301 e. The summed E-state index contributed by atoms with van der Waals surface area (Å²) in [7, 11) is -3.40. The molecular weight excluding hydrogens is 360 g/mol. The molecule has 25 heavy (non-hydrogen) atoms. The van der Waals surface area contributed by atoms with Gasteiger partial charge in [-0.1, -0.05) is 12.1 Å². The van der Waals surface area contributed by atoms with Gasteiger partial charge in [-0.25, -0.2) is 13.4 Å². The van der Waals surface area contributed by atoms with Gasteiger partial charge in [-0.3, -0.25) is 4.79 Å². The summed E-state index contributed by atoms with van der Waals surface area (Å²) in [6.45, 7) is 0.366. The number of carbonyl (C=O) groups is 1. The lowest BCUT2D eigenvalue weighted by atomic mass is 10.1. The number of sulfonamides is 1. The molecule has 1 amide bonds. The summed E-state index contributed by atoms with van der Waals surface area (Å²) in [5, 5.41) is 13.8. The smallest absolute Gasteiger partial charge is 0.244 e. The van der Waals surface area contributed by atoms with E-state index in [2.05, 4.69) is 16.4 Å². The first-order valence-electron chi connectivity index (χ1n) is 7.62. The van der Waals surface area contributed by atoms with Gasteiger partial charge in [0.05, 0.1) is 23.6 Å². The molecule has 9 heteroatoms. The van der Waals surface area contributed by atoms with Crippen molar-refractivity contribution in [2.45, 2.75) is 18.9 Å². The number of nitrogens with one attached hydrogen (secondary N) is 1. The van der Waals surface area contributed by atoms with Gasteiger partial charge in [0.2, 0.25) is 15.9 Å². The molecule has 1 atom stereocenters. The van der Waals surface area contributed by atoms with Crippen molar-refractivity contribution in [2.75, 3.05) is 18.1 Å². The summed E-state index contributed by atoms with van der Waals surface area (Å²) >= 11 is 1.27. The lowest BCUT2D eigenvalue weighted by molar-refractivity contribution is -0.119. The van der Waals surface area contributed by atoms with E-state index in [1.54, 1.807) is 29.6 Å². The van der Waals surface area contributed by atoms with Crippen LogP contribution < -0.4 is 5.32 Å². The van der Waals surface area contributed by atoms with Gasteiger partial charge >= 0.3 is 0 Å². The molecule has 1 aliphatic heterocycles. The summed E-state index contributed by atoms with van der Waals surface area (Å²) in [5.74, 6) is -0.358. The molecule has 2 heterocycles. The van der Waals surface area contributed by atoms with Crippen molar-refractivity contribution in [3.63, 3.8) is 0 Å². The molecule has 1 N–H and O–H groups in total. The highest BCUT2D eigenvalue weighted by atomic mass is 32.2. The third kappa shape index (κ3) is 3.87. The Morgan fingerprint density at radius 3 is 2.76 bits per heavy atom. The van der Waals surface area contributed by atoms with Crippen molar-refractivity contribution in [1.29, 1.82) is 5.26 Å². The Morgan fingerprint density at radius 2 is 2.12 bits per heavy atom. The molecule has 130 valence electrons. The monoisotopic (exact) mass is 376 g/mol. The molecule has 2 aromatic rings. The molecule has 0 spiro atoms. The van der Waals surface area contributed by atoms with E-state index in [-0.39, 0.29) is 5.91 Å². The zero-order valence-electron chi connectivity index (χ0n) is 13.5. The van der Waals surface area contributed by atoms with E-state index in [1.807, 2.05) is 0 Å². The first-order chi connectivity index (χ1) is 11.9.